The summed E-state index contributed by atoms with van der Waals surface area (Å²) in [5.41, 5.74) is 0.687. The van der Waals surface area contributed by atoms with Crippen molar-refractivity contribution in [1.82, 2.24) is 4.98 Å². The van der Waals surface area contributed by atoms with E-state index in [1.54, 1.807) is 54.7 Å². The van der Waals surface area contributed by atoms with Crippen LogP contribution in [-0.2, 0) is 4.79 Å². The van der Waals surface area contributed by atoms with Gasteiger partial charge in [-0.2, -0.15) is 0 Å². The first kappa shape index (κ1) is 18.9. The number of halogens is 3. The molecule has 0 aliphatic rings. The van der Waals surface area contributed by atoms with Crippen LogP contribution in [0.3, 0.4) is 0 Å². The van der Waals surface area contributed by atoms with Crippen LogP contribution in [-0.4, -0.2) is 10.9 Å². The zero-order valence-electron chi connectivity index (χ0n) is 13.3. The minimum absolute atomic E-state index is 0.329. The number of rotatable bonds is 5. The first-order valence-electron chi connectivity index (χ1n) is 7.61. The first-order chi connectivity index (χ1) is 12.5. The van der Waals surface area contributed by atoms with Crippen LogP contribution in [0.2, 0.25) is 5.02 Å². The van der Waals surface area contributed by atoms with E-state index in [0.29, 0.717) is 22.2 Å². The van der Waals surface area contributed by atoms with Crippen molar-refractivity contribution in [1.29, 1.82) is 0 Å². The van der Waals surface area contributed by atoms with Gasteiger partial charge in [-0.1, -0.05) is 39.7 Å². The summed E-state index contributed by atoms with van der Waals surface area (Å²) in [6, 6.07) is 17.8. The molecule has 0 spiro atoms. The van der Waals surface area contributed by atoms with E-state index >= 15 is 0 Å². The third-order valence-corrected chi connectivity index (χ3v) is 4.71. The molecule has 0 bridgehead atoms. The number of benzene rings is 2. The lowest BCUT2D eigenvalue weighted by atomic mass is 10.1. The van der Waals surface area contributed by atoms with E-state index in [2.05, 4.69) is 42.2 Å². The largest absolute Gasteiger partial charge is 0.476 e. The zero-order chi connectivity index (χ0) is 18.5. The van der Waals surface area contributed by atoms with Crippen molar-refractivity contribution < 1.29 is 9.53 Å². The molecular weight excluding hydrogens is 483 g/mol. The Bertz CT molecular complexity index is 885. The highest BCUT2D eigenvalue weighted by Crippen LogP contribution is 2.26. The molecule has 0 aliphatic carbocycles. The summed E-state index contributed by atoms with van der Waals surface area (Å²) in [4.78, 5) is 17.0. The Morgan fingerprint density at radius 3 is 2.23 bits per heavy atom. The lowest BCUT2D eigenvalue weighted by Crippen LogP contribution is -2.26. The summed E-state index contributed by atoms with van der Waals surface area (Å²) < 4.78 is 7.70. The summed E-state index contributed by atoms with van der Waals surface area (Å²) in [5, 5.41) is 3.36. The van der Waals surface area contributed by atoms with Gasteiger partial charge in [0.1, 0.15) is 11.6 Å². The maximum absolute atomic E-state index is 12.8. The Hall–Kier alpha value is -1.89. The second-order valence-electron chi connectivity index (χ2n) is 5.35. The van der Waals surface area contributed by atoms with Gasteiger partial charge in [-0.25, -0.2) is 4.98 Å². The van der Waals surface area contributed by atoms with Gasteiger partial charge in [0, 0.05) is 25.7 Å². The first-order valence-corrected chi connectivity index (χ1v) is 9.58. The average Bonchev–Trinajstić information content (AvgIpc) is 2.64. The quantitative estimate of drug-likeness (QED) is 0.470. The molecule has 0 saturated heterocycles. The predicted molar refractivity (Wildman–Crippen MR) is 110 cm³/mol. The summed E-state index contributed by atoms with van der Waals surface area (Å²) >= 11 is 12.7. The van der Waals surface area contributed by atoms with Crippen molar-refractivity contribution in [2.75, 3.05) is 5.32 Å². The number of amides is 1. The molecule has 1 amide bonds. The fraction of sp³-hybridized carbons (Fsp3) is 0.0526. The highest BCUT2D eigenvalue weighted by Gasteiger charge is 2.23. The molecule has 7 heteroatoms. The van der Waals surface area contributed by atoms with E-state index in [4.69, 9.17) is 16.3 Å². The third-order valence-electron chi connectivity index (χ3n) is 3.46. The van der Waals surface area contributed by atoms with Crippen molar-refractivity contribution in [2.45, 2.75) is 6.10 Å². The molecule has 26 heavy (non-hydrogen) atoms. The molecule has 0 radical (unpaired) electrons. The number of carbonyl (C=O) groups is 1. The second kappa shape index (κ2) is 8.66. The number of nitrogens with one attached hydrogen (secondary N) is 1. The average molecular weight is 497 g/mol. The van der Waals surface area contributed by atoms with Crippen molar-refractivity contribution >= 4 is 55.2 Å². The van der Waals surface area contributed by atoms with Crippen LogP contribution in [0.15, 0.2) is 75.8 Å². The topological polar surface area (TPSA) is 51.2 Å². The molecule has 1 aromatic heterocycles. The Morgan fingerprint density at radius 1 is 0.962 bits per heavy atom. The molecule has 2 aromatic carbocycles. The number of pyridine rings is 1. The van der Waals surface area contributed by atoms with Crippen LogP contribution >= 0.6 is 43.5 Å². The van der Waals surface area contributed by atoms with Crippen LogP contribution < -0.4 is 10.1 Å². The molecule has 0 aliphatic heterocycles. The van der Waals surface area contributed by atoms with Crippen molar-refractivity contribution in [3.63, 3.8) is 0 Å². The van der Waals surface area contributed by atoms with E-state index < -0.39 is 6.10 Å². The number of hydrogen-bond acceptors (Lipinski definition) is 3. The van der Waals surface area contributed by atoms with Gasteiger partial charge in [0.25, 0.3) is 5.91 Å². The SMILES string of the molecule is O=C(Nc1ccc(Br)cn1)C(Oc1ccc(Br)cc1)c1ccc(Cl)cc1. The fourth-order valence-electron chi connectivity index (χ4n) is 2.20. The van der Waals surface area contributed by atoms with Crippen LogP contribution in [0.4, 0.5) is 5.82 Å². The number of aromatic nitrogens is 1. The third kappa shape index (κ3) is 5.06. The van der Waals surface area contributed by atoms with Gasteiger partial charge in [0.2, 0.25) is 6.10 Å². The van der Waals surface area contributed by atoms with Crippen molar-refractivity contribution in [3.05, 3.63) is 86.4 Å². The highest BCUT2D eigenvalue weighted by molar-refractivity contribution is 9.10. The summed E-state index contributed by atoms with van der Waals surface area (Å²) in [5.74, 6) is 0.689. The highest BCUT2D eigenvalue weighted by atomic mass is 79.9. The Balaban J connectivity index is 1.85. The normalized spacial score (nSPS) is 11.7. The predicted octanol–water partition coefficient (Wildman–Crippen LogP) is 6.02. The molecule has 1 N–H and O–H groups in total. The number of carbonyl (C=O) groups excluding carboxylic acids is 1. The van der Waals surface area contributed by atoms with Gasteiger partial charge >= 0.3 is 0 Å². The lowest BCUT2D eigenvalue weighted by molar-refractivity contribution is -0.123. The van der Waals surface area contributed by atoms with E-state index in [1.807, 2.05) is 12.1 Å². The van der Waals surface area contributed by atoms with E-state index in [1.165, 1.54) is 0 Å². The van der Waals surface area contributed by atoms with Gasteiger partial charge in [0.15, 0.2) is 0 Å². The summed E-state index contributed by atoms with van der Waals surface area (Å²) in [7, 11) is 0. The van der Waals surface area contributed by atoms with Gasteiger partial charge in [-0.15, -0.1) is 0 Å². The number of anilines is 1. The van der Waals surface area contributed by atoms with Crippen LogP contribution in [0.5, 0.6) is 5.75 Å². The fourth-order valence-corrected chi connectivity index (χ4v) is 2.83. The van der Waals surface area contributed by atoms with E-state index in [0.717, 1.165) is 8.95 Å². The Labute approximate surface area is 172 Å². The maximum Gasteiger partial charge on any atom is 0.271 e. The van der Waals surface area contributed by atoms with Gasteiger partial charge in [-0.05, 0) is 64.5 Å². The van der Waals surface area contributed by atoms with Crippen LogP contribution in [0.1, 0.15) is 11.7 Å². The molecule has 132 valence electrons. The Kier molecular flexibility index (Phi) is 6.29. The number of nitrogens with zero attached hydrogens (tertiary/aromatic N) is 1. The monoisotopic (exact) mass is 494 g/mol. The molecule has 0 saturated carbocycles. The maximum atomic E-state index is 12.8. The van der Waals surface area contributed by atoms with Crippen LogP contribution in [0.25, 0.3) is 0 Å². The molecule has 1 atom stereocenters. The molecule has 1 heterocycles. The molecule has 3 rings (SSSR count). The standard InChI is InChI=1S/C19H13Br2ClN2O2/c20-13-3-8-16(9-4-13)26-18(12-1-6-15(22)7-2-12)19(25)24-17-10-5-14(21)11-23-17/h1-11,18H,(H,23,24,25). The van der Waals surface area contributed by atoms with Gasteiger partial charge in [-0.3, -0.25) is 4.79 Å². The van der Waals surface area contributed by atoms with Crippen LogP contribution in [0, 0.1) is 0 Å². The molecule has 1 unspecified atom stereocenters. The number of ether oxygens (including phenoxy) is 1. The Morgan fingerprint density at radius 2 is 1.62 bits per heavy atom. The summed E-state index contributed by atoms with van der Waals surface area (Å²) in [6.07, 6.45) is 0.765. The van der Waals surface area contributed by atoms with Crippen molar-refractivity contribution in [2.24, 2.45) is 0 Å². The molecule has 0 fully saturated rings. The summed E-state index contributed by atoms with van der Waals surface area (Å²) in [6.45, 7) is 0. The minimum Gasteiger partial charge on any atom is -0.476 e. The van der Waals surface area contributed by atoms with E-state index in [-0.39, 0.29) is 5.91 Å². The molecule has 3 aromatic rings. The van der Waals surface area contributed by atoms with E-state index in [9.17, 15) is 4.79 Å². The smallest absolute Gasteiger partial charge is 0.271 e. The lowest BCUT2D eigenvalue weighted by Gasteiger charge is -2.19. The number of hydrogen-bond donors (Lipinski definition) is 1. The minimum atomic E-state index is -0.848. The second-order valence-corrected chi connectivity index (χ2v) is 7.62. The van der Waals surface area contributed by atoms with Gasteiger partial charge < -0.3 is 10.1 Å². The zero-order valence-corrected chi connectivity index (χ0v) is 17.3. The molecular formula is C19H13Br2ClN2O2. The van der Waals surface area contributed by atoms with Gasteiger partial charge in [0.05, 0.1) is 0 Å². The molecule has 4 nitrogen and oxygen atoms in total. The van der Waals surface area contributed by atoms with Crippen molar-refractivity contribution in [3.8, 4) is 5.75 Å².